The Labute approximate surface area is 217 Å². The number of ether oxygens (including phenoxy) is 1. The number of aliphatic imine (C=N–C) groups is 1. The summed E-state index contributed by atoms with van der Waals surface area (Å²) in [4.78, 5) is 7.75. The molecule has 0 saturated carbocycles. The lowest BCUT2D eigenvalue weighted by Gasteiger charge is -2.35. The minimum absolute atomic E-state index is 0.0566. The molecule has 0 spiro atoms. The molecule has 1 fully saturated rings. The number of rotatable bonds is 6. The zero-order chi connectivity index (χ0) is 25.9. The van der Waals surface area contributed by atoms with E-state index in [1.807, 2.05) is 13.8 Å². The van der Waals surface area contributed by atoms with Gasteiger partial charge >= 0.3 is 0 Å². The molecule has 0 amide bonds. The fraction of sp³-hybridized carbons (Fsp3) is 0.548. The van der Waals surface area contributed by atoms with Gasteiger partial charge in [-0.1, -0.05) is 55.5 Å². The highest BCUT2D eigenvalue weighted by atomic mass is 16.5. The molecule has 3 aliphatic heterocycles. The van der Waals surface area contributed by atoms with Crippen LogP contribution in [0.25, 0.3) is 0 Å². The van der Waals surface area contributed by atoms with Gasteiger partial charge in [0, 0.05) is 43.0 Å². The number of fused-ring (bicyclic) bond motifs is 1. The zero-order valence-corrected chi connectivity index (χ0v) is 23.1. The number of aryl methyl sites for hydroxylation is 2. The van der Waals surface area contributed by atoms with Gasteiger partial charge in [0.15, 0.2) is 0 Å². The second kappa shape index (κ2) is 11.2. The van der Waals surface area contributed by atoms with Gasteiger partial charge in [-0.15, -0.1) is 0 Å². The lowest BCUT2D eigenvalue weighted by Crippen LogP contribution is -2.39. The topological polar surface area (TPSA) is 50.9 Å². The SMILES string of the molecule is C=C1C/N=C2/C(/C(=C/C=C(C)C)CC)=CN(CC3(C)CCCOCC3)C2/C=C/C1c1c(C)noc1C. The lowest BCUT2D eigenvalue weighted by molar-refractivity contribution is 0.125. The molecule has 5 nitrogen and oxygen atoms in total. The van der Waals surface area contributed by atoms with Crippen molar-refractivity contribution in [1.29, 1.82) is 0 Å². The third-order valence-electron chi connectivity index (χ3n) is 7.81. The van der Waals surface area contributed by atoms with Gasteiger partial charge < -0.3 is 14.2 Å². The first kappa shape index (κ1) is 26.4. The van der Waals surface area contributed by atoms with E-state index in [9.17, 15) is 0 Å². The summed E-state index contributed by atoms with van der Waals surface area (Å²) < 4.78 is 11.3. The van der Waals surface area contributed by atoms with E-state index >= 15 is 0 Å². The van der Waals surface area contributed by atoms with Crippen molar-refractivity contribution >= 4 is 5.71 Å². The van der Waals surface area contributed by atoms with Crippen LogP contribution in [0.3, 0.4) is 0 Å². The van der Waals surface area contributed by atoms with Gasteiger partial charge in [0.25, 0.3) is 0 Å². The molecule has 194 valence electrons. The van der Waals surface area contributed by atoms with E-state index < -0.39 is 0 Å². The van der Waals surface area contributed by atoms with E-state index in [4.69, 9.17) is 14.3 Å². The first-order valence-electron chi connectivity index (χ1n) is 13.5. The van der Waals surface area contributed by atoms with Crippen molar-refractivity contribution < 1.29 is 9.26 Å². The van der Waals surface area contributed by atoms with Gasteiger partial charge in [-0.3, -0.25) is 4.99 Å². The summed E-state index contributed by atoms with van der Waals surface area (Å²) in [6.07, 6.45) is 15.9. The number of nitrogens with zero attached hydrogens (tertiary/aromatic N) is 3. The number of aromatic nitrogens is 1. The maximum Gasteiger partial charge on any atom is 0.138 e. The van der Waals surface area contributed by atoms with E-state index in [0.29, 0.717) is 6.54 Å². The molecule has 3 atom stereocenters. The third kappa shape index (κ3) is 5.67. The molecular formula is C31H43N3O2. The van der Waals surface area contributed by atoms with Crippen LogP contribution in [0, 0.1) is 19.3 Å². The summed E-state index contributed by atoms with van der Waals surface area (Å²) in [6.45, 7) is 20.7. The average molecular weight is 490 g/mol. The van der Waals surface area contributed by atoms with Crippen molar-refractivity contribution in [3.63, 3.8) is 0 Å². The predicted molar refractivity (Wildman–Crippen MR) is 148 cm³/mol. The van der Waals surface area contributed by atoms with Crippen LogP contribution in [-0.4, -0.2) is 48.1 Å². The fourth-order valence-electron chi connectivity index (χ4n) is 5.68. The van der Waals surface area contributed by atoms with Crippen molar-refractivity contribution in [2.75, 3.05) is 26.3 Å². The summed E-state index contributed by atoms with van der Waals surface area (Å²) in [5.41, 5.74) is 8.40. The lowest BCUT2D eigenvalue weighted by atomic mass is 9.82. The Bertz CT molecular complexity index is 1100. The monoisotopic (exact) mass is 489 g/mol. The van der Waals surface area contributed by atoms with E-state index in [0.717, 1.165) is 67.3 Å². The van der Waals surface area contributed by atoms with Crippen molar-refractivity contribution in [1.82, 2.24) is 10.1 Å². The minimum atomic E-state index is 0.0566. The van der Waals surface area contributed by atoms with Gasteiger partial charge in [0.1, 0.15) is 5.76 Å². The maximum atomic E-state index is 5.81. The largest absolute Gasteiger partial charge is 0.381 e. The second-order valence-corrected chi connectivity index (χ2v) is 11.2. The van der Waals surface area contributed by atoms with Crippen molar-refractivity contribution in [3.05, 3.63) is 76.4 Å². The van der Waals surface area contributed by atoms with Crippen LogP contribution in [0.15, 0.2) is 68.9 Å². The fourth-order valence-corrected chi connectivity index (χ4v) is 5.68. The maximum absolute atomic E-state index is 5.81. The number of hydrogen-bond donors (Lipinski definition) is 0. The summed E-state index contributed by atoms with van der Waals surface area (Å²) in [7, 11) is 0. The highest BCUT2D eigenvalue weighted by Gasteiger charge is 2.37. The summed E-state index contributed by atoms with van der Waals surface area (Å²) >= 11 is 0. The second-order valence-electron chi connectivity index (χ2n) is 11.2. The van der Waals surface area contributed by atoms with Gasteiger partial charge in [0.2, 0.25) is 0 Å². The van der Waals surface area contributed by atoms with Crippen LogP contribution in [0.4, 0.5) is 0 Å². The van der Waals surface area contributed by atoms with Crippen LogP contribution in [-0.2, 0) is 4.74 Å². The quantitative estimate of drug-likeness (QED) is 0.318. The van der Waals surface area contributed by atoms with E-state index in [-0.39, 0.29) is 17.4 Å². The Hall–Kier alpha value is -2.66. The Morgan fingerprint density at radius 2 is 2.00 bits per heavy atom. The van der Waals surface area contributed by atoms with Crippen molar-refractivity contribution in [2.45, 2.75) is 79.2 Å². The molecule has 4 heterocycles. The highest BCUT2D eigenvalue weighted by molar-refractivity contribution is 6.10. The Morgan fingerprint density at radius 3 is 2.69 bits per heavy atom. The summed E-state index contributed by atoms with van der Waals surface area (Å²) in [5, 5.41) is 4.21. The van der Waals surface area contributed by atoms with E-state index in [1.165, 1.54) is 23.1 Å². The molecule has 1 aromatic rings. The van der Waals surface area contributed by atoms with Gasteiger partial charge in [0.05, 0.1) is 24.0 Å². The highest BCUT2D eigenvalue weighted by Crippen LogP contribution is 2.38. The van der Waals surface area contributed by atoms with E-state index in [2.05, 4.69) is 74.8 Å². The zero-order valence-electron chi connectivity index (χ0n) is 23.1. The average Bonchev–Trinajstić information content (AvgIpc) is 3.22. The first-order chi connectivity index (χ1) is 17.2. The molecule has 5 heteroatoms. The van der Waals surface area contributed by atoms with E-state index in [1.54, 1.807) is 0 Å². The van der Waals surface area contributed by atoms with Gasteiger partial charge in [-0.05, 0) is 69.9 Å². The Balaban J connectivity index is 1.74. The molecule has 0 aromatic carbocycles. The number of allylic oxidation sites excluding steroid dienone is 5. The molecule has 0 bridgehead atoms. The van der Waals surface area contributed by atoms with Crippen LogP contribution < -0.4 is 0 Å². The van der Waals surface area contributed by atoms with Crippen molar-refractivity contribution in [3.8, 4) is 0 Å². The molecule has 36 heavy (non-hydrogen) atoms. The molecule has 0 N–H and O–H groups in total. The summed E-state index contributed by atoms with van der Waals surface area (Å²) in [6, 6.07) is 0.110. The molecule has 1 saturated heterocycles. The normalized spacial score (nSPS) is 29.4. The van der Waals surface area contributed by atoms with Gasteiger partial charge in [-0.2, -0.15) is 0 Å². The Kier molecular flexibility index (Phi) is 8.19. The van der Waals surface area contributed by atoms with Crippen LogP contribution in [0.1, 0.15) is 76.3 Å². The van der Waals surface area contributed by atoms with Crippen LogP contribution >= 0.6 is 0 Å². The summed E-state index contributed by atoms with van der Waals surface area (Å²) in [5.74, 6) is 0.917. The molecular weight excluding hydrogens is 446 g/mol. The smallest absolute Gasteiger partial charge is 0.138 e. The molecule has 0 radical (unpaired) electrons. The number of hydrogen-bond acceptors (Lipinski definition) is 5. The molecule has 3 aliphatic rings. The van der Waals surface area contributed by atoms with Gasteiger partial charge in [-0.25, -0.2) is 0 Å². The standard InChI is InChI=1S/C31H43N3O2/c1-8-25(11-10-21(2)3)27-19-34(20-31(7)14-9-16-35-17-15-31)28-13-12-26(22(4)18-32-30(27)28)29-23(5)33-36-24(29)6/h10-13,19,26,28H,4,8-9,14-18,20H2,1-3,5-7H3/b13-12+,25-11+,32-30-. The molecule has 3 unspecified atom stereocenters. The predicted octanol–water partition coefficient (Wildman–Crippen LogP) is 7.02. The molecule has 4 rings (SSSR count). The van der Waals surface area contributed by atoms with Crippen LogP contribution in [0.2, 0.25) is 0 Å². The first-order valence-corrected chi connectivity index (χ1v) is 13.5. The molecule has 0 aliphatic carbocycles. The van der Waals surface area contributed by atoms with Crippen LogP contribution in [0.5, 0.6) is 0 Å². The van der Waals surface area contributed by atoms with Crippen molar-refractivity contribution in [2.24, 2.45) is 10.4 Å². The molecule has 1 aromatic heterocycles. The Morgan fingerprint density at radius 1 is 1.19 bits per heavy atom. The minimum Gasteiger partial charge on any atom is -0.381 e. The third-order valence-corrected chi connectivity index (χ3v) is 7.81.